The Balaban J connectivity index is 0.999. The lowest BCUT2D eigenvalue weighted by Gasteiger charge is -2.47. The molecule has 4 saturated heterocycles. The van der Waals surface area contributed by atoms with Gasteiger partial charge >= 0.3 is 0 Å². The van der Waals surface area contributed by atoms with Crippen LogP contribution in [0.2, 0.25) is 0 Å². The van der Waals surface area contributed by atoms with Crippen molar-refractivity contribution in [2.75, 3.05) is 60.5 Å². The Kier molecular flexibility index (Phi) is 9.04. The highest BCUT2D eigenvalue weighted by Gasteiger charge is 2.47. The maximum absolute atomic E-state index is 14.7. The summed E-state index contributed by atoms with van der Waals surface area (Å²) in [6.07, 6.45) is 10.6. The van der Waals surface area contributed by atoms with Crippen LogP contribution in [0.4, 0.5) is 37.5 Å². The number of rotatable bonds is 10. The van der Waals surface area contributed by atoms with Gasteiger partial charge in [0.15, 0.2) is 17.5 Å². The van der Waals surface area contributed by atoms with Gasteiger partial charge in [0.2, 0.25) is 5.91 Å². The Morgan fingerprint density at radius 3 is 2.44 bits per heavy atom. The molecule has 1 aliphatic carbocycles. The summed E-state index contributed by atoms with van der Waals surface area (Å²) in [6, 6.07) is 11.9. The highest BCUT2D eigenvalue weighted by atomic mass is 19.2. The monoisotopic (exact) mass is 686 g/mol. The fourth-order valence-electron chi connectivity index (χ4n) is 8.52. The number of carbonyl (C=O) groups is 1. The van der Waals surface area contributed by atoms with Crippen LogP contribution in [0.15, 0.2) is 55.4 Å². The SMILES string of the molecule is C=CC(=O)Nc1cc(Nc2cc(N3OCC[C@@H]3c3cccc(F)c3F)ncn2)c(OC)cc1N1CCC(N2CC3CCC(C2)N3C2CC2)CC1. The second-order valence-electron chi connectivity index (χ2n) is 14.0. The van der Waals surface area contributed by atoms with E-state index >= 15 is 0 Å². The van der Waals surface area contributed by atoms with Gasteiger partial charge in [-0.1, -0.05) is 18.7 Å². The van der Waals surface area contributed by atoms with Gasteiger partial charge < -0.3 is 20.3 Å². The number of amides is 1. The van der Waals surface area contributed by atoms with Gasteiger partial charge in [-0.3, -0.25) is 19.4 Å². The van der Waals surface area contributed by atoms with Gasteiger partial charge in [0.1, 0.15) is 17.9 Å². The predicted octanol–water partition coefficient (Wildman–Crippen LogP) is 5.79. The van der Waals surface area contributed by atoms with Gasteiger partial charge in [-0.05, 0) is 56.7 Å². The van der Waals surface area contributed by atoms with E-state index in [4.69, 9.17) is 9.57 Å². The number of ether oxygens (including phenoxy) is 1. The molecule has 1 aromatic heterocycles. The topological polar surface area (TPSA) is 98.3 Å². The smallest absolute Gasteiger partial charge is 0.247 e. The van der Waals surface area contributed by atoms with E-state index < -0.39 is 17.7 Å². The van der Waals surface area contributed by atoms with Gasteiger partial charge in [-0.25, -0.2) is 23.8 Å². The number of halogens is 2. The number of hydrogen-bond acceptors (Lipinski definition) is 10. The van der Waals surface area contributed by atoms with Crippen LogP contribution in [0.5, 0.6) is 5.75 Å². The first-order valence-corrected chi connectivity index (χ1v) is 17.8. The fourth-order valence-corrected chi connectivity index (χ4v) is 8.52. The number of nitrogens with zero attached hydrogens (tertiary/aromatic N) is 6. The molecule has 8 rings (SSSR count). The molecular weight excluding hydrogens is 642 g/mol. The van der Waals surface area contributed by atoms with Crippen LogP contribution in [0.1, 0.15) is 56.6 Å². The Hall–Kier alpha value is -4.33. The van der Waals surface area contributed by atoms with Gasteiger partial charge in [-0.2, -0.15) is 0 Å². The van der Waals surface area contributed by atoms with E-state index in [0.717, 1.165) is 55.8 Å². The minimum atomic E-state index is -0.910. The zero-order chi connectivity index (χ0) is 34.4. The van der Waals surface area contributed by atoms with Crippen molar-refractivity contribution in [2.24, 2.45) is 0 Å². The Morgan fingerprint density at radius 2 is 1.72 bits per heavy atom. The normalized spacial score (nSPS) is 24.4. The first-order chi connectivity index (χ1) is 24.4. The second kappa shape index (κ2) is 13.8. The van der Waals surface area contributed by atoms with Crippen molar-refractivity contribution in [3.05, 3.63) is 72.6 Å². The first-order valence-electron chi connectivity index (χ1n) is 17.8. The molecule has 5 aliphatic rings. The van der Waals surface area contributed by atoms with Crippen LogP contribution in [0, 0.1) is 11.6 Å². The average molecular weight is 687 g/mol. The molecule has 1 amide bonds. The van der Waals surface area contributed by atoms with Crippen molar-refractivity contribution in [2.45, 2.75) is 75.2 Å². The van der Waals surface area contributed by atoms with Crippen LogP contribution < -0.4 is 25.3 Å². The minimum absolute atomic E-state index is 0.197. The summed E-state index contributed by atoms with van der Waals surface area (Å²) in [7, 11) is 1.61. The molecule has 11 nitrogen and oxygen atoms in total. The summed E-state index contributed by atoms with van der Waals surface area (Å²) in [5.74, 6) is -0.743. The van der Waals surface area contributed by atoms with Crippen molar-refractivity contribution in [1.29, 1.82) is 0 Å². The standard InChI is InChI=1S/C37H44F2N8O3/c1-3-36(48)43-29-17-30(42-34-19-35(41-22-40-34)47-31(13-16-50-47)27-5-4-6-28(38)37(27)39)33(49-2)18-32(29)44-14-11-23(12-15-44)45-20-25-9-10-26(21-45)46(25)24-7-8-24/h3-6,17-19,22-26,31H,1,7-16,20-21H2,2H3,(H,43,48)(H,40,41,42)/t25?,26?,31-/m1/s1. The number of piperidine rings is 1. The third kappa shape index (κ3) is 6.38. The largest absolute Gasteiger partial charge is 0.494 e. The third-order valence-corrected chi connectivity index (χ3v) is 11.0. The van der Waals surface area contributed by atoms with E-state index in [0.29, 0.717) is 47.8 Å². The molecule has 3 atom stereocenters. The quantitative estimate of drug-likeness (QED) is 0.255. The number of hydrogen-bond donors (Lipinski definition) is 2. The number of anilines is 5. The molecule has 5 heterocycles. The molecule has 50 heavy (non-hydrogen) atoms. The summed E-state index contributed by atoms with van der Waals surface area (Å²) in [4.78, 5) is 35.1. The number of piperazine rings is 1. The molecule has 0 radical (unpaired) electrons. The molecule has 5 fully saturated rings. The number of fused-ring (bicyclic) bond motifs is 2. The lowest BCUT2D eigenvalue weighted by molar-refractivity contribution is -0.111. The van der Waals surface area contributed by atoms with Crippen molar-refractivity contribution in [3.8, 4) is 5.75 Å². The van der Waals surface area contributed by atoms with E-state index in [2.05, 4.69) is 41.9 Å². The summed E-state index contributed by atoms with van der Waals surface area (Å²) >= 11 is 0. The number of carbonyl (C=O) groups excluding carboxylic acids is 1. The van der Waals surface area contributed by atoms with E-state index in [1.54, 1.807) is 19.2 Å². The molecular formula is C37H44F2N8O3. The Labute approximate surface area is 291 Å². The minimum Gasteiger partial charge on any atom is -0.494 e. The third-order valence-electron chi connectivity index (χ3n) is 11.0. The molecule has 3 aromatic rings. The Morgan fingerprint density at radius 1 is 0.960 bits per heavy atom. The van der Waals surface area contributed by atoms with E-state index in [1.807, 2.05) is 12.1 Å². The lowest BCUT2D eigenvalue weighted by atomic mass is 9.99. The first kappa shape index (κ1) is 32.9. The number of benzene rings is 2. The van der Waals surface area contributed by atoms with Crippen LogP contribution >= 0.6 is 0 Å². The summed E-state index contributed by atoms with van der Waals surface area (Å²) in [5, 5.41) is 7.80. The van der Waals surface area contributed by atoms with E-state index in [-0.39, 0.29) is 11.5 Å². The van der Waals surface area contributed by atoms with Crippen LogP contribution in [0.25, 0.3) is 0 Å². The number of nitrogens with one attached hydrogen (secondary N) is 2. The number of aromatic nitrogens is 2. The highest BCUT2D eigenvalue weighted by molar-refractivity contribution is 6.02. The molecule has 2 unspecified atom stereocenters. The van der Waals surface area contributed by atoms with E-state index in [9.17, 15) is 13.6 Å². The summed E-state index contributed by atoms with van der Waals surface area (Å²) in [5.41, 5.74) is 2.29. The van der Waals surface area contributed by atoms with Crippen molar-refractivity contribution in [1.82, 2.24) is 19.8 Å². The molecule has 4 aliphatic heterocycles. The van der Waals surface area contributed by atoms with Crippen molar-refractivity contribution in [3.63, 3.8) is 0 Å². The molecule has 264 valence electrons. The summed E-state index contributed by atoms with van der Waals surface area (Å²) < 4.78 is 34.6. The van der Waals surface area contributed by atoms with Gasteiger partial charge in [-0.15, -0.1) is 0 Å². The lowest BCUT2D eigenvalue weighted by Crippen LogP contribution is -2.58. The Bertz CT molecular complexity index is 1740. The predicted molar refractivity (Wildman–Crippen MR) is 188 cm³/mol. The zero-order valence-corrected chi connectivity index (χ0v) is 28.4. The van der Waals surface area contributed by atoms with Crippen LogP contribution in [-0.2, 0) is 9.63 Å². The molecule has 2 aromatic carbocycles. The molecule has 1 saturated carbocycles. The molecule has 13 heteroatoms. The highest BCUT2D eigenvalue weighted by Crippen LogP contribution is 2.43. The van der Waals surface area contributed by atoms with Crippen LogP contribution in [0.3, 0.4) is 0 Å². The van der Waals surface area contributed by atoms with Crippen LogP contribution in [-0.4, -0.2) is 89.7 Å². The molecule has 2 bridgehead atoms. The van der Waals surface area contributed by atoms with Crippen molar-refractivity contribution < 1.29 is 23.1 Å². The average Bonchev–Trinajstić information content (AvgIpc) is 3.80. The summed E-state index contributed by atoms with van der Waals surface area (Å²) in [6.45, 7) is 8.08. The van der Waals surface area contributed by atoms with Crippen molar-refractivity contribution >= 4 is 34.6 Å². The van der Waals surface area contributed by atoms with Gasteiger partial charge in [0.05, 0.1) is 36.8 Å². The van der Waals surface area contributed by atoms with Gasteiger partial charge in [0.25, 0.3) is 0 Å². The number of methoxy groups -OCH3 is 1. The van der Waals surface area contributed by atoms with Gasteiger partial charge in [0, 0.05) is 74.5 Å². The maximum atomic E-state index is 14.7. The number of likely N-dealkylation sites (tertiary alicyclic amines) is 1. The maximum Gasteiger partial charge on any atom is 0.247 e. The second-order valence-corrected chi connectivity index (χ2v) is 14.0. The fraction of sp³-hybridized carbons (Fsp3) is 0.486. The number of hydroxylamine groups is 1. The zero-order valence-electron chi connectivity index (χ0n) is 28.4. The molecule has 2 N–H and O–H groups in total. The molecule has 0 spiro atoms. The van der Waals surface area contributed by atoms with E-state index in [1.165, 1.54) is 62.3 Å².